The van der Waals surface area contributed by atoms with Crippen LogP contribution in [0.3, 0.4) is 0 Å². The molecule has 0 aromatic carbocycles. The Morgan fingerprint density at radius 3 is 2.59 bits per heavy atom. The van der Waals surface area contributed by atoms with Gasteiger partial charge in [0.05, 0.1) is 0 Å². The number of hydrogen-bond donors (Lipinski definition) is 2. The van der Waals surface area contributed by atoms with E-state index in [9.17, 15) is 4.79 Å². The fraction of sp³-hybridized carbons (Fsp3) is 0.923. The molecule has 3 nitrogen and oxygen atoms in total. The Balaban J connectivity index is 0.00000256. The normalized spacial score (nSPS) is 21.1. The molecule has 0 spiro atoms. The molecule has 4 heteroatoms. The molecule has 0 aromatic rings. The maximum atomic E-state index is 11.7. The van der Waals surface area contributed by atoms with Gasteiger partial charge in [0.2, 0.25) is 5.91 Å². The van der Waals surface area contributed by atoms with Crippen LogP contribution in [-0.4, -0.2) is 24.5 Å². The Hall–Kier alpha value is -0.280. The predicted octanol–water partition coefficient (Wildman–Crippen LogP) is 2.49. The summed E-state index contributed by atoms with van der Waals surface area (Å²) in [5, 5.41) is 6.43. The second-order valence-corrected chi connectivity index (χ2v) is 5.44. The van der Waals surface area contributed by atoms with E-state index < -0.39 is 0 Å². The van der Waals surface area contributed by atoms with E-state index in [2.05, 4.69) is 31.4 Å². The molecule has 1 fully saturated rings. The molecule has 2 unspecified atom stereocenters. The van der Waals surface area contributed by atoms with Crippen LogP contribution in [0.25, 0.3) is 0 Å². The molecular formula is C13H27ClN2O. The van der Waals surface area contributed by atoms with Crippen LogP contribution < -0.4 is 10.6 Å². The second-order valence-electron chi connectivity index (χ2n) is 5.44. The zero-order chi connectivity index (χ0) is 12.0. The van der Waals surface area contributed by atoms with Crippen LogP contribution in [0.15, 0.2) is 0 Å². The molecule has 0 radical (unpaired) electrons. The van der Waals surface area contributed by atoms with Gasteiger partial charge in [0.1, 0.15) is 0 Å². The monoisotopic (exact) mass is 262 g/mol. The number of carbonyl (C=O) groups excluding carboxylic acids is 1. The van der Waals surface area contributed by atoms with Crippen LogP contribution in [0.4, 0.5) is 0 Å². The molecule has 0 aliphatic carbocycles. The van der Waals surface area contributed by atoms with Gasteiger partial charge in [-0.3, -0.25) is 4.79 Å². The van der Waals surface area contributed by atoms with Crippen LogP contribution >= 0.6 is 12.4 Å². The van der Waals surface area contributed by atoms with E-state index in [1.807, 2.05) is 0 Å². The van der Waals surface area contributed by atoms with Crippen LogP contribution in [0.5, 0.6) is 0 Å². The molecule has 1 aliphatic rings. The van der Waals surface area contributed by atoms with Crippen LogP contribution in [0.1, 0.15) is 52.9 Å². The van der Waals surface area contributed by atoms with Crippen molar-refractivity contribution in [2.24, 2.45) is 5.92 Å². The molecule has 0 aromatic heterocycles. The zero-order valence-corrected chi connectivity index (χ0v) is 12.1. The van der Waals surface area contributed by atoms with E-state index in [0.29, 0.717) is 18.5 Å². The summed E-state index contributed by atoms with van der Waals surface area (Å²) in [7, 11) is 0. The van der Waals surface area contributed by atoms with Crippen molar-refractivity contribution in [2.45, 2.75) is 65.0 Å². The molecule has 1 rings (SSSR count). The average molecular weight is 263 g/mol. The van der Waals surface area contributed by atoms with Crippen molar-refractivity contribution in [3.63, 3.8) is 0 Å². The Morgan fingerprint density at radius 1 is 1.35 bits per heavy atom. The molecule has 17 heavy (non-hydrogen) atoms. The largest absolute Gasteiger partial charge is 0.354 e. The third-order valence-electron chi connectivity index (χ3n) is 3.18. The van der Waals surface area contributed by atoms with Gasteiger partial charge in [0.15, 0.2) is 0 Å². The lowest BCUT2D eigenvalue weighted by Gasteiger charge is -2.16. The second kappa shape index (κ2) is 8.76. The Morgan fingerprint density at radius 2 is 2.06 bits per heavy atom. The lowest BCUT2D eigenvalue weighted by atomic mass is 10.0. The molecule has 2 N–H and O–H groups in total. The van der Waals surface area contributed by atoms with E-state index in [0.717, 1.165) is 25.3 Å². The molecule has 1 aliphatic heterocycles. The summed E-state index contributed by atoms with van der Waals surface area (Å²) in [4.78, 5) is 11.7. The Bertz CT molecular complexity index is 215. The van der Waals surface area contributed by atoms with Crippen molar-refractivity contribution in [1.82, 2.24) is 10.6 Å². The molecule has 0 bridgehead atoms. The van der Waals surface area contributed by atoms with E-state index in [4.69, 9.17) is 0 Å². The zero-order valence-electron chi connectivity index (χ0n) is 11.3. The highest BCUT2D eigenvalue weighted by molar-refractivity contribution is 5.85. The maximum Gasteiger partial charge on any atom is 0.221 e. The summed E-state index contributed by atoms with van der Waals surface area (Å²) in [6, 6.07) is 0.730. The van der Waals surface area contributed by atoms with Gasteiger partial charge in [0.25, 0.3) is 0 Å². The quantitative estimate of drug-likeness (QED) is 0.772. The van der Waals surface area contributed by atoms with Crippen molar-refractivity contribution in [2.75, 3.05) is 6.54 Å². The first-order chi connectivity index (χ1) is 7.58. The van der Waals surface area contributed by atoms with Crippen LogP contribution in [0.2, 0.25) is 0 Å². The lowest BCUT2D eigenvalue weighted by molar-refractivity contribution is -0.122. The van der Waals surface area contributed by atoms with Gasteiger partial charge >= 0.3 is 0 Å². The van der Waals surface area contributed by atoms with Crippen LogP contribution in [0, 0.1) is 5.92 Å². The molecule has 1 heterocycles. The highest BCUT2D eigenvalue weighted by Gasteiger charge is 2.18. The fourth-order valence-corrected chi connectivity index (χ4v) is 2.14. The minimum absolute atomic E-state index is 0. The van der Waals surface area contributed by atoms with Gasteiger partial charge in [0, 0.05) is 18.5 Å². The molecule has 1 saturated heterocycles. The molecule has 102 valence electrons. The predicted molar refractivity (Wildman–Crippen MR) is 74.6 cm³/mol. The van der Waals surface area contributed by atoms with Crippen LogP contribution in [-0.2, 0) is 4.79 Å². The van der Waals surface area contributed by atoms with Crippen molar-refractivity contribution < 1.29 is 4.79 Å². The first-order valence-electron chi connectivity index (χ1n) is 6.60. The molecular weight excluding hydrogens is 236 g/mol. The number of nitrogens with one attached hydrogen (secondary N) is 2. The summed E-state index contributed by atoms with van der Waals surface area (Å²) < 4.78 is 0. The van der Waals surface area contributed by atoms with Gasteiger partial charge in [-0.1, -0.05) is 13.8 Å². The number of hydrogen-bond acceptors (Lipinski definition) is 2. The van der Waals surface area contributed by atoms with Gasteiger partial charge in [-0.25, -0.2) is 0 Å². The van der Waals surface area contributed by atoms with Crippen molar-refractivity contribution >= 4 is 18.3 Å². The Labute approximate surface area is 112 Å². The van der Waals surface area contributed by atoms with Gasteiger partial charge in [-0.05, 0) is 45.1 Å². The topological polar surface area (TPSA) is 41.1 Å². The average Bonchev–Trinajstić information content (AvgIpc) is 2.67. The lowest BCUT2D eigenvalue weighted by Crippen LogP contribution is -2.36. The van der Waals surface area contributed by atoms with Crippen molar-refractivity contribution in [3.8, 4) is 0 Å². The van der Waals surface area contributed by atoms with E-state index in [1.165, 1.54) is 12.8 Å². The van der Waals surface area contributed by atoms with Crippen molar-refractivity contribution in [1.29, 1.82) is 0 Å². The van der Waals surface area contributed by atoms with Crippen molar-refractivity contribution in [3.05, 3.63) is 0 Å². The highest BCUT2D eigenvalue weighted by Crippen LogP contribution is 2.10. The first kappa shape index (κ1) is 16.7. The third kappa shape index (κ3) is 7.61. The van der Waals surface area contributed by atoms with E-state index >= 15 is 0 Å². The highest BCUT2D eigenvalue weighted by atomic mass is 35.5. The number of carbonyl (C=O) groups is 1. The Kier molecular flexibility index (Phi) is 8.61. The molecule has 2 atom stereocenters. The summed E-state index contributed by atoms with van der Waals surface area (Å²) >= 11 is 0. The minimum Gasteiger partial charge on any atom is -0.354 e. The SMILES string of the molecule is CC(C)CCC(C)NC(=O)CC1CCCN1.Cl. The smallest absolute Gasteiger partial charge is 0.221 e. The standard InChI is InChI=1S/C13H26N2O.ClH/c1-10(2)6-7-11(3)15-13(16)9-12-5-4-8-14-12;/h10-12,14H,4-9H2,1-3H3,(H,15,16);1H. The van der Waals surface area contributed by atoms with Gasteiger partial charge < -0.3 is 10.6 Å². The summed E-state index contributed by atoms with van der Waals surface area (Å²) in [5.74, 6) is 0.923. The fourth-order valence-electron chi connectivity index (χ4n) is 2.14. The van der Waals surface area contributed by atoms with E-state index in [1.54, 1.807) is 0 Å². The number of amides is 1. The third-order valence-corrected chi connectivity index (χ3v) is 3.18. The minimum atomic E-state index is 0. The van der Waals surface area contributed by atoms with Gasteiger partial charge in [-0.15, -0.1) is 12.4 Å². The number of halogens is 1. The molecule has 0 saturated carbocycles. The maximum absolute atomic E-state index is 11.7. The van der Waals surface area contributed by atoms with E-state index in [-0.39, 0.29) is 18.3 Å². The number of rotatable bonds is 6. The summed E-state index contributed by atoms with van der Waals surface area (Å²) in [6.07, 6.45) is 5.27. The van der Waals surface area contributed by atoms with Gasteiger partial charge in [-0.2, -0.15) is 0 Å². The first-order valence-corrected chi connectivity index (χ1v) is 6.60. The summed E-state index contributed by atoms with van der Waals surface area (Å²) in [5.41, 5.74) is 0. The summed E-state index contributed by atoms with van der Waals surface area (Å²) in [6.45, 7) is 7.61. The molecule has 1 amide bonds.